The van der Waals surface area contributed by atoms with E-state index in [4.69, 9.17) is 9.47 Å². The molecule has 0 fully saturated rings. The quantitative estimate of drug-likeness (QED) is 0.0310. The number of rotatable bonds is 20. The van der Waals surface area contributed by atoms with Crippen LogP contribution in [0.5, 0.6) is 0 Å². The third kappa shape index (κ3) is 13.0. The van der Waals surface area contributed by atoms with Crippen molar-refractivity contribution in [1.82, 2.24) is 0 Å². The van der Waals surface area contributed by atoms with Crippen molar-refractivity contribution in [2.75, 3.05) is 47.7 Å². The molecule has 14 nitrogen and oxygen atoms in total. The summed E-state index contributed by atoms with van der Waals surface area (Å²) < 4.78 is 10.4. The van der Waals surface area contributed by atoms with Crippen LogP contribution in [0.15, 0.2) is 194 Å². The monoisotopic (exact) mass is 1090 g/mol. The van der Waals surface area contributed by atoms with Crippen LogP contribution in [-0.2, 0) is 44.7 Å². The number of benzene rings is 8. The smallest absolute Gasteiger partial charge is 0.333 e. The molecule has 412 valence electrons. The molecule has 8 aromatic carbocycles. The Hall–Kier alpha value is -10.0. The van der Waals surface area contributed by atoms with Gasteiger partial charge in [0.15, 0.2) is 23.1 Å². The predicted octanol–water partition coefficient (Wildman–Crippen LogP) is 12.3. The summed E-state index contributed by atoms with van der Waals surface area (Å²) in [6, 6.07) is 51.3. The minimum atomic E-state index is -0.424. The number of hydrogen-bond donors (Lipinski definition) is 6. The predicted molar refractivity (Wildman–Crippen MR) is 319 cm³/mol. The largest absolute Gasteiger partial charge is 0.462 e. The van der Waals surface area contributed by atoms with E-state index >= 15 is 0 Å². The fourth-order valence-electron chi connectivity index (χ4n) is 9.49. The molecule has 0 saturated heterocycles. The van der Waals surface area contributed by atoms with Crippen molar-refractivity contribution in [3.63, 3.8) is 0 Å². The molecule has 82 heavy (non-hydrogen) atoms. The molecule has 0 aliphatic heterocycles. The molecule has 0 radical (unpaired) electrons. The van der Waals surface area contributed by atoms with Crippen molar-refractivity contribution in [1.29, 1.82) is 0 Å². The van der Waals surface area contributed by atoms with Crippen molar-refractivity contribution in [3.05, 3.63) is 261 Å². The molecule has 0 bridgehead atoms. The minimum absolute atomic E-state index is 0.0696. The molecule has 8 aromatic rings. The van der Waals surface area contributed by atoms with Gasteiger partial charge in [0.25, 0.3) is 0 Å². The number of aliphatic hydroxyl groups is 2. The van der Waals surface area contributed by atoms with E-state index in [1.807, 2.05) is 103 Å². The van der Waals surface area contributed by atoms with Gasteiger partial charge in [0.2, 0.25) is 0 Å². The average molecular weight is 1090 g/mol. The number of ether oxygens (including phenoxy) is 2. The highest BCUT2D eigenvalue weighted by Crippen LogP contribution is 2.41. The van der Waals surface area contributed by atoms with E-state index in [-0.39, 0.29) is 49.6 Å². The summed E-state index contributed by atoms with van der Waals surface area (Å²) >= 11 is 0. The summed E-state index contributed by atoms with van der Waals surface area (Å²) in [5, 5.41) is 31.9. The van der Waals surface area contributed by atoms with Crippen LogP contribution in [-0.4, -0.2) is 71.7 Å². The van der Waals surface area contributed by atoms with Crippen LogP contribution in [0.3, 0.4) is 0 Å². The second kappa shape index (κ2) is 25.8. The summed E-state index contributed by atoms with van der Waals surface area (Å²) in [6.07, 6.45) is 2.22. The van der Waals surface area contributed by atoms with Gasteiger partial charge in [-0.25, -0.2) is 9.59 Å². The van der Waals surface area contributed by atoms with Crippen LogP contribution in [0.25, 0.3) is 0 Å². The first-order valence-electron chi connectivity index (χ1n) is 26.7. The van der Waals surface area contributed by atoms with E-state index in [1.165, 1.54) is 0 Å². The van der Waals surface area contributed by atoms with Gasteiger partial charge in [0.05, 0.1) is 47.1 Å². The van der Waals surface area contributed by atoms with Crippen molar-refractivity contribution in [2.24, 2.45) is 0 Å². The zero-order chi connectivity index (χ0) is 57.9. The van der Waals surface area contributed by atoms with Crippen LogP contribution >= 0.6 is 0 Å². The fourth-order valence-corrected chi connectivity index (χ4v) is 9.49. The molecule has 2 aliphatic rings. The molecule has 0 amide bonds. The fraction of sp³-hybridized carbons (Fsp3) is 0.147. The Bertz CT molecular complexity index is 3770. The zero-order valence-corrected chi connectivity index (χ0v) is 45.4. The molecule has 6 N–H and O–H groups in total. The van der Waals surface area contributed by atoms with E-state index in [0.717, 1.165) is 39.3 Å². The Morgan fingerprint density at radius 1 is 0.378 bits per heavy atom. The number of aliphatic hydroxyl groups excluding tert-OH is 2. The first-order chi connectivity index (χ1) is 39.7. The normalized spacial score (nSPS) is 11.9. The van der Waals surface area contributed by atoms with E-state index in [0.29, 0.717) is 110 Å². The number of nitrogens with one attached hydrogen (secondary N) is 4. The number of fused-ring (bicyclic) bond motifs is 4. The number of carbonyl (C=O) groups excluding carboxylic acids is 6. The maximum atomic E-state index is 13.9. The second-order valence-corrected chi connectivity index (χ2v) is 19.8. The third-order valence-corrected chi connectivity index (χ3v) is 13.8. The third-order valence-electron chi connectivity index (χ3n) is 13.8. The van der Waals surface area contributed by atoms with Crippen molar-refractivity contribution >= 4 is 80.6 Å². The van der Waals surface area contributed by atoms with Crippen molar-refractivity contribution in [3.8, 4) is 0 Å². The maximum absolute atomic E-state index is 13.9. The van der Waals surface area contributed by atoms with Gasteiger partial charge >= 0.3 is 11.9 Å². The topological polar surface area (TPSA) is 209 Å². The van der Waals surface area contributed by atoms with Gasteiger partial charge in [-0.1, -0.05) is 110 Å². The Balaban J connectivity index is 0.000000203. The van der Waals surface area contributed by atoms with Crippen LogP contribution in [0.4, 0.5) is 45.5 Å². The molecular formula is C68H60N4O10. The van der Waals surface area contributed by atoms with Crippen LogP contribution in [0.2, 0.25) is 0 Å². The lowest BCUT2D eigenvalue weighted by molar-refractivity contribution is -0.139. The van der Waals surface area contributed by atoms with Crippen LogP contribution in [0, 0.1) is 0 Å². The maximum Gasteiger partial charge on any atom is 0.333 e. The number of anilines is 8. The lowest BCUT2D eigenvalue weighted by Gasteiger charge is -2.24. The molecule has 0 heterocycles. The SMILES string of the molecule is C=C(C)C(=O)OCCc1ccc(Nc2ccc3c(c2Nc2ccc(CCOC(=O)C(=C)C)cc2)C(=O)c2ccccc2C3=O)cc1.O=C1c2ccccc2C(=O)c2c1ccc(Nc1ccc(CCO)cc1)c2Nc1ccc(CCO)cc1. The van der Waals surface area contributed by atoms with E-state index in [9.17, 15) is 39.0 Å². The van der Waals surface area contributed by atoms with Crippen LogP contribution in [0.1, 0.15) is 99.8 Å². The molecule has 2 aliphatic carbocycles. The summed E-state index contributed by atoms with van der Waals surface area (Å²) in [5.74, 6) is -1.68. The number of carbonyl (C=O) groups is 6. The number of ketones is 4. The standard InChI is InChI=1S/C38H34N2O6.C30H26N2O4/c1-23(2)37(43)45-21-19-25-9-13-27(14-10-25)39-32-18-17-31-33(36(42)30-8-6-5-7-29(30)35(31)41)34(32)40-28-15-11-26(12-16-28)20-22-46-38(44)24(3)4;33-17-15-19-5-9-21(10-6-19)31-26-14-13-25-27(30(36)24-4-2-1-3-23(24)29(25)35)28(26)32-22-11-7-20(8-12-22)16-18-34/h5-18,39-40H,1,3,19-22H2,2,4H3;1-14,31-34H,15-18H2. The van der Waals surface area contributed by atoms with E-state index < -0.39 is 11.9 Å². The molecule has 10 rings (SSSR count). The zero-order valence-electron chi connectivity index (χ0n) is 45.4. The van der Waals surface area contributed by atoms with Gasteiger partial charge in [-0.15, -0.1) is 0 Å². The van der Waals surface area contributed by atoms with Gasteiger partial charge < -0.3 is 41.0 Å². The lowest BCUT2D eigenvalue weighted by Crippen LogP contribution is -2.22. The summed E-state index contributed by atoms with van der Waals surface area (Å²) in [7, 11) is 0. The molecule has 0 aromatic heterocycles. The number of esters is 2. The summed E-state index contributed by atoms with van der Waals surface area (Å²) in [4.78, 5) is 77.7. The Labute approximate surface area is 475 Å². The molecule has 0 saturated carbocycles. The highest BCUT2D eigenvalue weighted by Gasteiger charge is 2.34. The van der Waals surface area contributed by atoms with E-state index in [1.54, 1.807) is 80.6 Å². The van der Waals surface area contributed by atoms with Crippen molar-refractivity contribution in [2.45, 2.75) is 39.5 Å². The van der Waals surface area contributed by atoms with Gasteiger partial charge in [-0.2, -0.15) is 0 Å². The number of hydrogen-bond acceptors (Lipinski definition) is 14. The summed E-state index contributed by atoms with van der Waals surface area (Å²) in [6.45, 7) is 11.0. The first kappa shape index (κ1) is 56.7. The Kier molecular flexibility index (Phi) is 17.9. The van der Waals surface area contributed by atoms with Gasteiger partial charge in [-0.05, 0) is 122 Å². The summed E-state index contributed by atoms with van der Waals surface area (Å²) in [5.41, 5.74) is 12.8. The average Bonchev–Trinajstić information content (AvgIpc) is 2.43. The van der Waals surface area contributed by atoms with Crippen molar-refractivity contribution < 1.29 is 48.5 Å². The van der Waals surface area contributed by atoms with E-state index in [2.05, 4.69) is 34.4 Å². The molecular weight excluding hydrogens is 1030 g/mol. The molecule has 0 atom stereocenters. The second-order valence-electron chi connectivity index (χ2n) is 19.8. The Morgan fingerprint density at radius 2 is 0.671 bits per heavy atom. The highest BCUT2D eigenvalue weighted by atomic mass is 16.5. The van der Waals surface area contributed by atoms with Gasteiger partial charge in [0.1, 0.15) is 0 Å². The van der Waals surface area contributed by atoms with Crippen LogP contribution < -0.4 is 21.3 Å². The Morgan fingerprint density at radius 3 is 0.976 bits per heavy atom. The molecule has 14 heteroatoms. The minimum Gasteiger partial charge on any atom is -0.462 e. The molecule has 0 unspecified atom stereocenters. The van der Waals surface area contributed by atoms with Gasteiger partial charge in [0, 0.05) is 93.3 Å². The van der Waals surface area contributed by atoms with Gasteiger partial charge in [-0.3, -0.25) is 19.2 Å². The first-order valence-corrected chi connectivity index (χ1v) is 26.7. The highest BCUT2D eigenvalue weighted by molar-refractivity contribution is 6.32. The lowest BCUT2D eigenvalue weighted by atomic mass is 9.82. The molecule has 0 spiro atoms.